The van der Waals surface area contributed by atoms with Crippen molar-refractivity contribution in [2.45, 2.75) is 44.2 Å². The number of carbonyl (C=O) groups excluding carboxylic acids is 1. The average molecular weight is 284 g/mol. The van der Waals surface area contributed by atoms with Crippen molar-refractivity contribution in [3.63, 3.8) is 0 Å². The average Bonchev–Trinajstić information content (AvgIpc) is 2.21. The van der Waals surface area contributed by atoms with Crippen LogP contribution in [0.4, 0.5) is 30.7 Å². The maximum Gasteiger partial charge on any atom is 0.459 e. The van der Waals surface area contributed by atoms with E-state index in [2.05, 4.69) is 4.74 Å². The van der Waals surface area contributed by atoms with Gasteiger partial charge in [0.1, 0.15) is 0 Å². The summed E-state index contributed by atoms with van der Waals surface area (Å²) in [6.45, 7) is 1.49. The minimum Gasteiger partial charge on any atom is -0.466 e. The summed E-state index contributed by atoms with van der Waals surface area (Å²) >= 11 is 0. The van der Waals surface area contributed by atoms with E-state index in [-0.39, 0.29) is 6.61 Å². The Morgan fingerprint density at radius 3 is 1.94 bits per heavy atom. The summed E-state index contributed by atoms with van der Waals surface area (Å²) in [4.78, 5) is 10.7. The molecule has 0 heterocycles. The maximum absolute atomic E-state index is 12.7. The Morgan fingerprint density at radius 2 is 1.56 bits per heavy atom. The Labute approximate surface area is 98.1 Å². The first-order chi connectivity index (χ1) is 7.95. The standard InChI is InChI=1S/C9H11F7O2/c1-2-5-18-6(17)3-4-7(10,11)8(12,13)9(14,15)16/h2-5H2,1H3. The number of alkyl halides is 7. The minimum atomic E-state index is -6.37. The van der Waals surface area contributed by atoms with Crippen molar-refractivity contribution in [2.75, 3.05) is 6.61 Å². The molecule has 0 N–H and O–H groups in total. The fourth-order valence-corrected chi connectivity index (χ4v) is 0.911. The predicted octanol–water partition coefficient (Wildman–Crippen LogP) is 3.55. The van der Waals surface area contributed by atoms with Crippen molar-refractivity contribution >= 4 is 5.97 Å². The highest BCUT2D eigenvalue weighted by Crippen LogP contribution is 2.48. The third kappa shape index (κ3) is 4.02. The van der Waals surface area contributed by atoms with Crippen molar-refractivity contribution in [1.82, 2.24) is 0 Å². The van der Waals surface area contributed by atoms with Crippen LogP contribution in [0, 0.1) is 0 Å². The number of halogens is 7. The second kappa shape index (κ2) is 5.75. The first kappa shape index (κ1) is 17.0. The number of carbonyl (C=O) groups is 1. The number of rotatable bonds is 6. The summed E-state index contributed by atoms with van der Waals surface area (Å²) in [5, 5.41) is 0. The van der Waals surface area contributed by atoms with Crippen molar-refractivity contribution in [3.8, 4) is 0 Å². The van der Waals surface area contributed by atoms with E-state index in [0.717, 1.165) is 0 Å². The van der Waals surface area contributed by atoms with Gasteiger partial charge in [-0.25, -0.2) is 0 Å². The molecule has 0 aromatic carbocycles. The molecule has 9 heteroatoms. The van der Waals surface area contributed by atoms with Crippen molar-refractivity contribution < 1.29 is 40.3 Å². The maximum atomic E-state index is 12.7. The molecule has 108 valence electrons. The molecule has 0 saturated heterocycles. The van der Waals surface area contributed by atoms with Crippen LogP contribution in [0.3, 0.4) is 0 Å². The Hall–Kier alpha value is -1.02. The van der Waals surface area contributed by atoms with Crippen LogP contribution in [0.1, 0.15) is 26.2 Å². The van der Waals surface area contributed by atoms with Gasteiger partial charge in [-0.3, -0.25) is 4.79 Å². The molecule has 0 radical (unpaired) electrons. The number of ether oxygens (including phenoxy) is 1. The number of hydrogen-bond acceptors (Lipinski definition) is 2. The molecule has 0 fully saturated rings. The lowest BCUT2D eigenvalue weighted by Gasteiger charge is -2.27. The van der Waals surface area contributed by atoms with Gasteiger partial charge >= 0.3 is 24.0 Å². The van der Waals surface area contributed by atoms with E-state index >= 15 is 0 Å². The van der Waals surface area contributed by atoms with Gasteiger partial charge in [0.2, 0.25) is 0 Å². The molecule has 0 aliphatic rings. The van der Waals surface area contributed by atoms with Gasteiger partial charge < -0.3 is 4.74 Å². The Morgan fingerprint density at radius 1 is 1.06 bits per heavy atom. The second-order valence-electron chi connectivity index (χ2n) is 3.50. The van der Waals surface area contributed by atoms with Crippen molar-refractivity contribution in [3.05, 3.63) is 0 Å². The van der Waals surface area contributed by atoms with Gasteiger partial charge in [-0.15, -0.1) is 0 Å². The smallest absolute Gasteiger partial charge is 0.459 e. The molecule has 2 nitrogen and oxygen atoms in total. The molecule has 0 aromatic rings. The lowest BCUT2D eigenvalue weighted by molar-refractivity contribution is -0.355. The normalized spacial score (nSPS) is 13.6. The van der Waals surface area contributed by atoms with Crippen LogP contribution >= 0.6 is 0 Å². The van der Waals surface area contributed by atoms with E-state index in [4.69, 9.17) is 0 Å². The van der Waals surface area contributed by atoms with Gasteiger partial charge in [0.15, 0.2) is 0 Å². The molecule has 0 aliphatic heterocycles. The zero-order valence-corrected chi connectivity index (χ0v) is 9.29. The second-order valence-corrected chi connectivity index (χ2v) is 3.50. The molecule has 0 aromatic heterocycles. The molecule has 18 heavy (non-hydrogen) atoms. The van der Waals surface area contributed by atoms with Crippen molar-refractivity contribution in [2.24, 2.45) is 0 Å². The Kier molecular flexibility index (Phi) is 5.42. The quantitative estimate of drug-likeness (QED) is 0.550. The van der Waals surface area contributed by atoms with Gasteiger partial charge in [0.05, 0.1) is 13.0 Å². The molecule has 0 spiro atoms. The highest BCUT2D eigenvalue weighted by Gasteiger charge is 2.72. The molecule has 0 unspecified atom stereocenters. The van der Waals surface area contributed by atoms with Crippen LogP contribution < -0.4 is 0 Å². The SMILES string of the molecule is CCCOC(=O)CCC(F)(F)C(F)(F)C(F)(F)F. The van der Waals surface area contributed by atoms with Crippen molar-refractivity contribution in [1.29, 1.82) is 0 Å². The summed E-state index contributed by atoms with van der Waals surface area (Å²) in [6.07, 6.45) is -9.13. The molecular weight excluding hydrogens is 273 g/mol. The van der Waals surface area contributed by atoms with E-state index in [1.807, 2.05) is 0 Å². The molecular formula is C9H11F7O2. The molecule has 0 saturated carbocycles. The van der Waals surface area contributed by atoms with Crippen LogP contribution in [0.2, 0.25) is 0 Å². The molecule has 0 bridgehead atoms. The first-order valence-electron chi connectivity index (χ1n) is 4.93. The number of hydrogen-bond donors (Lipinski definition) is 0. The lowest BCUT2D eigenvalue weighted by Crippen LogP contribution is -2.52. The summed E-state index contributed by atoms with van der Waals surface area (Å²) in [6, 6.07) is 0. The minimum absolute atomic E-state index is 0.111. The summed E-state index contributed by atoms with van der Waals surface area (Å²) in [5.74, 6) is -12.8. The molecule has 0 rings (SSSR count). The van der Waals surface area contributed by atoms with Gasteiger partial charge in [-0.2, -0.15) is 30.7 Å². The van der Waals surface area contributed by atoms with Crippen LogP contribution in [0.25, 0.3) is 0 Å². The Balaban J connectivity index is 4.53. The third-order valence-electron chi connectivity index (χ3n) is 1.93. The third-order valence-corrected chi connectivity index (χ3v) is 1.93. The van der Waals surface area contributed by atoms with E-state index in [9.17, 15) is 35.5 Å². The first-order valence-corrected chi connectivity index (χ1v) is 4.93. The monoisotopic (exact) mass is 284 g/mol. The highest BCUT2D eigenvalue weighted by atomic mass is 19.4. The van der Waals surface area contributed by atoms with Crippen LogP contribution in [-0.4, -0.2) is 30.6 Å². The molecule has 0 amide bonds. The lowest BCUT2D eigenvalue weighted by atomic mass is 10.1. The predicted molar refractivity (Wildman–Crippen MR) is 46.4 cm³/mol. The van der Waals surface area contributed by atoms with Gasteiger partial charge in [-0.1, -0.05) is 6.92 Å². The van der Waals surface area contributed by atoms with E-state index in [1.54, 1.807) is 6.92 Å². The van der Waals surface area contributed by atoms with Crippen LogP contribution in [0.5, 0.6) is 0 Å². The topological polar surface area (TPSA) is 26.3 Å². The fourth-order valence-electron chi connectivity index (χ4n) is 0.911. The Bertz CT molecular complexity index is 285. The largest absolute Gasteiger partial charge is 0.466 e. The number of esters is 1. The fraction of sp³-hybridized carbons (Fsp3) is 0.889. The summed E-state index contributed by atoms with van der Waals surface area (Å²) in [5.41, 5.74) is 0. The van der Waals surface area contributed by atoms with E-state index in [1.165, 1.54) is 0 Å². The molecule has 0 atom stereocenters. The summed E-state index contributed by atoms with van der Waals surface area (Å²) in [7, 11) is 0. The zero-order chi connectivity index (χ0) is 14.6. The van der Waals surface area contributed by atoms with Crippen LogP contribution in [0.15, 0.2) is 0 Å². The van der Waals surface area contributed by atoms with Gasteiger partial charge in [0, 0.05) is 6.42 Å². The summed E-state index contributed by atoms with van der Waals surface area (Å²) < 4.78 is 89.6. The van der Waals surface area contributed by atoms with Gasteiger partial charge in [-0.05, 0) is 6.42 Å². The van der Waals surface area contributed by atoms with E-state index < -0.39 is 36.8 Å². The highest BCUT2D eigenvalue weighted by molar-refractivity contribution is 5.69. The van der Waals surface area contributed by atoms with Crippen LogP contribution in [-0.2, 0) is 9.53 Å². The zero-order valence-electron chi connectivity index (χ0n) is 9.29. The van der Waals surface area contributed by atoms with Gasteiger partial charge in [0.25, 0.3) is 0 Å². The molecule has 0 aliphatic carbocycles. The van der Waals surface area contributed by atoms with E-state index in [0.29, 0.717) is 6.42 Å².